The molecule has 4 nitrogen and oxygen atoms in total. The first-order valence-electron chi connectivity index (χ1n) is 4.78. The smallest absolute Gasteiger partial charge is 0.240 e. The van der Waals surface area contributed by atoms with Crippen molar-refractivity contribution in [1.82, 2.24) is 0 Å². The number of rotatable bonds is 3. The number of benzene rings is 1. The molecule has 0 heterocycles. The van der Waals surface area contributed by atoms with Crippen LogP contribution < -0.4 is 5.32 Å². The van der Waals surface area contributed by atoms with Crippen LogP contribution in [-0.4, -0.2) is 12.0 Å². The van der Waals surface area contributed by atoms with Gasteiger partial charge < -0.3 is 5.32 Å². The molecule has 0 aliphatic heterocycles. The van der Waals surface area contributed by atoms with E-state index in [1.54, 1.807) is 24.3 Å². The molecule has 15 heavy (non-hydrogen) atoms. The van der Waals surface area contributed by atoms with Gasteiger partial charge in [0.15, 0.2) is 0 Å². The van der Waals surface area contributed by atoms with Crippen LogP contribution in [0.2, 0.25) is 0 Å². The zero-order valence-electron chi connectivity index (χ0n) is 8.06. The molecule has 1 fully saturated rings. The SMILES string of the molecule is O=C=Nc1cccc(NC(=O)C2CC2)c1. The van der Waals surface area contributed by atoms with E-state index in [4.69, 9.17) is 0 Å². The molecule has 2 rings (SSSR count). The summed E-state index contributed by atoms with van der Waals surface area (Å²) in [6, 6.07) is 6.83. The van der Waals surface area contributed by atoms with Gasteiger partial charge in [0.2, 0.25) is 12.0 Å². The third kappa shape index (κ3) is 2.51. The minimum atomic E-state index is 0.0437. The third-order valence-electron chi connectivity index (χ3n) is 2.24. The largest absolute Gasteiger partial charge is 0.326 e. The summed E-state index contributed by atoms with van der Waals surface area (Å²) in [6.45, 7) is 0. The second-order valence-electron chi connectivity index (χ2n) is 3.52. The quantitative estimate of drug-likeness (QED) is 0.602. The standard InChI is InChI=1S/C11H10N2O2/c14-7-12-9-2-1-3-10(6-9)13-11(15)8-4-5-8/h1-3,6,8H,4-5H2,(H,13,15). The van der Waals surface area contributed by atoms with Crippen molar-refractivity contribution in [2.75, 3.05) is 5.32 Å². The topological polar surface area (TPSA) is 58.5 Å². The Labute approximate surface area is 87.0 Å². The van der Waals surface area contributed by atoms with Crippen molar-refractivity contribution in [2.24, 2.45) is 10.9 Å². The molecule has 0 saturated heterocycles. The average Bonchev–Trinajstić information content (AvgIpc) is 3.01. The Morgan fingerprint density at radius 2 is 2.27 bits per heavy atom. The Kier molecular flexibility index (Phi) is 2.61. The van der Waals surface area contributed by atoms with Gasteiger partial charge in [-0.05, 0) is 31.0 Å². The number of anilines is 1. The molecule has 1 amide bonds. The van der Waals surface area contributed by atoms with E-state index in [-0.39, 0.29) is 11.8 Å². The lowest BCUT2D eigenvalue weighted by Gasteiger charge is -2.03. The molecule has 0 aromatic heterocycles. The molecular formula is C11H10N2O2. The molecule has 1 aliphatic rings. The molecule has 1 saturated carbocycles. The molecule has 1 aliphatic carbocycles. The molecule has 0 atom stereocenters. The first kappa shape index (κ1) is 9.62. The molecule has 0 bridgehead atoms. The maximum absolute atomic E-state index is 11.4. The van der Waals surface area contributed by atoms with Crippen molar-refractivity contribution in [3.05, 3.63) is 24.3 Å². The monoisotopic (exact) mass is 202 g/mol. The van der Waals surface area contributed by atoms with Crippen LogP contribution in [-0.2, 0) is 9.59 Å². The van der Waals surface area contributed by atoms with Crippen LogP contribution in [0.3, 0.4) is 0 Å². The minimum Gasteiger partial charge on any atom is -0.326 e. The highest BCUT2D eigenvalue weighted by Gasteiger charge is 2.29. The zero-order valence-corrected chi connectivity index (χ0v) is 8.06. The fourth-order valence-corrected chi connectivity index (χ4v) is 1.30. The van der Waals surface area contributed by atoms with Gasteiger partial charge in [0.1, 0.15) is 0 Å². The summed E-state index contributed by atoms with van der Waals surface area (Å²) in [5.74, 6) is 0.213. The van der Waals surface area contributed by atoms with Crippen LogP contribution in [0.5, 0.6) is 0 Å². The van der Waals surface area contributed by atoms with E-state index >= 15 is 0 Å². The summed E-state index contributed by atoms with van der Waals surface area (Å²) in [6.07, 6.45) is 3.40. The molecule has 76 valence electrons. The Bertz CT molecular complexity index is 432. The van der Waals surface area contributed by atoms with Crippen molar-refractivity contribution in [2.45, 2.75) is 12.8 Å². The van der Waals surface area contributed by atoms with Crippen molar-refractivity contribution in [3.63, 3.8) is 0 Å². The molecule has 0 radical (unpaired) electrons. The third-order valence-corrected chi connectivity index (χ3v) is 2.24. The first-order chi connectivity index (χ1) is 7.29. The van der Waals surface area contributed by atoms with Gasteiger partial charge in [0.25, 0.3) is 0 Å². The van der Waals surface area contributed by atoms with Crippen LogP contribution >= 0.6 is 0 Å². The van der Waals surface area contributed by atoms with Crippen LogP contribution in [0.1, 0.15) is 12.8 Å². The lowest BCUT2D eigenvalue weighted by molar-refractivity contribution is -0.117. The number of nitrogens with one attached hydrogen (secondary N) is 1. The van der Waals surface area contributed by atoms with Crippen LogP contribution in [0.15, 0.2) is 29.3 Å². The zero-order chi connectivity index (χ0) is 10.7. The Morgan fingerprint density at radius 1 is 1.47 bits per heavy atom. The van der Waals surface area contributed by atoms with Gasteiger partial charge in [0, 0.05) is 11.6 Å². The van der Waals surface area contributed by atoms with Gasteiger partial charge >= 0.3 is 0 Å². The van der Waals surface area contributed by atoms with Gasteiger partial charge in [-0.2, -0.15) is 4.99 Å². The predicted molar refractivity (Wildman–Crippen MR) is 55.6 cm³/mol. The number of aliphatic imine (C=N–C) groups is 1. The number of hydrogen-bond donors (Lipinski definition) is 1. The summed E-state index contributed by atoms with van der Waals surface area (Å²) in [7, 11) is 0. The Morgan fingerprint density at radius 3 is 2.93 bits per heavy atom. The van der Waals surface area contributed by atoms with Gasteiger partial charge in [-0.1, -0.05) is 6.07 Å². The summed E-state index contributed by atoms with van der Waals surface area (Å²) in [5, 5.41) is 2.77. The summed E-state index contributed by atoms with van der Waals surface area (Å²) in [4.78, 5) is 25.0. The molecule has 1 aromatic rings. The van der Waals surface area contributed by atoms with E-state index in [0.29, 0.717) is 11.4 Å². The van der Waals surface area contributed by atoms with E-state index in [9.17, 15) is 9.59 Å². The highest BCUT2D eigenvalue weighted by molar-refractivity contribution is 5.94. The lowest BCUT2D eigenvalue weighted by atomic mass is 10.2. The van der Waals surface area contributed by atoms with Crippen molar-refractivity contribution in [3.8, 4) is 0 Å². The maximum Gasteiger partial charge on any atom is 0.240 e. The number of carbonyl (C=O) groups is 1. The average molecular weight is 202 g/mol. The fraction of sp³-hybridized carbons (Fsp3) is 0.273. The number of amides is 1. The molecule has 1 aromatic carbocycles. The maximum atomic E-state index is 11.4. The number of nitrogens with zero attached hydrogens (tertiary/aromatic N) is 1. The minimum absolute atomic E-state index is 0.0437. The van der Waals surface area contributed by atoms with Gasteiger partial charge in [-0.25, -0.2) is 4.79 Å². The predicted octanol–water partition coefficient (Wildman–Crippen LogP) is 2.00. The molecule has 1 N–H and O–H groups in total. The second kappa shape index (κ2) is 4.07. The Balaban J connectivity index is 2.10. The van der Waals surface area contributed by atoms with Crippen molar-refractivity contribution >= 4 is 23.4 Å². The van der Waals surface area contributed by atoms with Gasteiger partial charge in [-0.3, -0.25) is 4.79 Å². The molecular weight excluding hydrogens is 192 g/mol. The number of isocyanates is 1. The summed E-state index contributed by atoms with van der Waals surface area (Å²) in [5.41, 5.74) is 1.17. The Hall–Kier alpha value is -1.93. The summed E-state index contributed by atoms with van der Waals surface area (Å²) >= 11 is 0. The van der Waals surface area contributed by atoms with E-state index in [0.717, 1.165) is 12.8 Å². The highest BCUT2D eigenvalue weighted by Crippen LogP contribution is 2.30. The molecule has 0 spiro atoms. The van der Waals surface area contributed by atoms with E-state index < -0.39 is 0 Å². The fourth-order valence-electron chi connectivity index (χ4n) is 1.30. The van der Waals surface area contributed by atoms with Crippen molar-refractivity contribution < 1.29 is 9.59 Å². The van der Waals surface area contributed by atoms with E-state index in [2.05, 4.69) is 10.3 Å². The van der Waals surface area contributed by atoms with Gasteiger partial charge in [0.05, 0.1) is 5.69 Å². The molecule has 0 unspecified atom stereocenters. The molecule has 4 heteroatoms. The van der Waals surface area contributed by atoms with Crippen LogP contribution in [0.25, 0.3) is 0 Å². The number of carbonyl (C=O) groups excluding carboxylic acids is 2. The van der Waals surface area contributed by atoms with Gasteiger partial charge in [-0.15, -0.1) is 0 Å². The van der Waals surface area contributed by atoms with Crippen LogP contribution in [0.4, 0.5) is 11.4 Å². The normalized spacial score (nSPS) is 14.1. The van der Waals surface area contributed by atoms with E-state index in [1.807, 2.05) is 0 Å². The summed E-state index contributed by atoms with van der Waals surface area (Å²) < 4.78 is 0. The highest BCUT2D eigenvalue weighted by atomic mass is 16.2. The van der Waals surface area contributed by atoms with Crippen LogP contribution in [0, 0.1) is 5.92 Å². The van der Waals surface area contributed by atoms with Crippen molar-refractivity contribution in [1.29, 1.82) is 0 Å². The lowest BCUT2D eigenvalue weighted by Crippen LogP contribution is -2.12. The van der Waals surface area contributed by atoms with E-state index in [1.165, 1.54) is 6.08 Å². The second-order valence-corrected chi connectivity index (χ2v) is 3.52. The first-order valence-corrected chi connectivity index (χ1v) is 4.78. The number of hydrogen-bond acceptors (Lipinski definition) is 3.